The second kappa shape index (κ2) is 8.96. The van der Waals surface area contributed by atoms with Crippen molar-refractivity contribution in [3.05, 3.63) is 0 Å². The van der Waals surface area contributed by atoms with Crippen LogP contribution in [0, 0.1) is 0 Å². The van der Waals surface area contributed by atoms with E-state index >= 15 is 0 Å². The summed E-state index contributed by atoms with van der Waals surface area (Å²) in [4.78, 5) is 0. The molecule has 26 heavy (non-hydrogen) atoms. The molecule has 2 nitrogen and oxygen atoms in total. The first-order chi connectivity index (χ1) is 10.8. The second-order valence-electron chi connectivity index (χ2n) is 5.45. The van der Waals surface area contributed by atoms with Gasteiger partial charge in [0.25, 0.3) is 0 Å². The molecule has 0 rings (SSSR count). The Labute approximate surface area is 143 Å². The number of rotatable bonds is 9. The van der Waals surface area contributed by atoms with Gasteiger partial charge >= 0.3 is 66.0 Å². The average Bonchev–Trinajstić information content (AvgIpc) is 2.24. The van der Waals surface area contributed by atoms with Crippen molar-refractivity contribution in [1.29, 1.82) is 0 Å². The molecule has 0 unspecified atom stereocenters. The third-order valence-electron chi connectivity index (χ3n) is 2.25. The SMILES string of the molecule is F[P-](F)(F)(F)(F)F.F[P-](F)(F)(F)(F)F.[NH3+]CCCCCCCCCC[NH3+]. The van der Waals surface area contributed by atoms with Gasteiger partial charge in [0.1, 0.15) is 0 Å². The first-order valence-corrected chi connectivity index (χ1v) is 11.6. The Balaban J connectivity index is -0.000000326. The zero-order chi connectivity index (χ0) is 21.9. The quantitative estimate of drug-likeness (QED) is 0.204. The summed E-state index contributed by atoms with van der Waals surface area (Å²) in [5, 5.41) is 0. The summed E-state index contributed by atoms with van der Waals surface area (Å²) < 4.78 is 118. The van der Waals surface area contributed by atoms with E-state index in [1.165, 1.54) is 51.4 Å². The molecular weight excluding hydrogens is 438 g/mol. The Hall–Kier alpha value is -0.0600. The molecule has 0 saturated carbocycles. The van der Waals surface area contributed by atoms with Crippen LogP contribution in [0.4, 0.5) is 50.4 Å². The molecule has 6 N–H and O–H groups in total. The molecule has 16 heteroatoms. The van der Waals surface area contributed by atoms with Crippen molar-refractivity contribution in [2.45, 2.75) is 51.4 Å². The standard InChI is InChI=1S/C10H24N2.2F6P/c11-9-7-5-3-1-2-4-6-8-10-12;2*1-7(2,3,4,5)6/h1-12H2;;/q;2*-1/p+2. The van der Waals surface area contributed by atoms with Crippen molar-refractivity contribution in [2.75, 3.05) is 13.1 Å². The average molecular weight is 464 g/mol. The van der Waals surface area contributed by atoms with Crippen molar-refractivity contribution >= 4 is 15.6 Å². The molecule has 170 valence electrons. The fourth-order valence-electron chi connectivity index (χ4n) is 1.41. The minimum absolute atomic E-state index is 1.11. The van der Waals surface area contributed by atoms with Gasteiger partial charge in [-0.3, -0.25) is 0 Å². The molecule has 0 amide bonds. The van der Waals surface area contributed by atoms with Gasteiger partial charge in [-0.1, -0.05) is 25.7 Å². The van der Waals surface area contributed by atoms with Gasteiger partial charge in [-0.2, -0.15) is 0 Å². The fraction of sp³-hybridized carbons (Fsp3) is 1.00. The maximum Gasteiger partial charge on any atom is 0.0739 e. The summed E-state index contributed by atoms with van der Waals surface area (Å²) in [7, 11) is -21.3. The molecule has 0 aromatic rings. The first kappa shape index (κ1) is 30.7. The normalized spacial score (nSPS) is 17.3. The minimum Gasteiger partial charge on any atom is -0.358 e. The van der Waals surface area contributed by atoms with E-state index in [2.05, 4.69) is 11.5 Å². The smallest absolute Gasteiger partial charge is 0.0739 e. The van der Waals surface area contributed by atoms with Crippen molar-refractivity contribution in [2.24, 2.45) is 0 Å². The van der Waals surface area contributed by atoms with Crippen LogP contribution >= 0.6 is 15.6 Å². The van der Waals surface area contributed by atoms with Crippen LogP contribution in [0.25, 0.3) is 0 Å². The van der Waals surface area contributed by atoms with Crippen LogP contribution in [-0.4, -0.2) is 13.1 Å². The van der Waals surface area contributed by atoms with E-state index in [9.17, 15) is 50.4 Å². The first-order valence-electron chi connectivity index (χ1n) is 7.53. The van der Waals surface area contributed by atoms with Crippen molar-refractivity contribution < 1.29 is 61.8 Å². The molecule has 0 aromatic carbocycles. The van der Waals surface area contributed by atoms with E-state index < -0.39 is 15.6 Å². The Kier molecular flexibility index (Phi) is 10.6. The van der Waals surface area contributed by atoms with Gasteiger partial charge in [0, 0.05) is 0 Å². The van der Waals surface area contributed by atoms with Crippen LogP contribution in [0.15, 0.2) is 0 Å². The zero-order valence-corrected chi connectivity index (χ0v) is 15.7. The number of quaternary nitrogens is 2. The summed E-state index contributed by atoms with van der Waals surface area (Å²) in [6.07, 6.45) is 11.1. The number of hydrogen-bond donors (Lipinski definition) is 2. The van der Waals surface area contributed by atoms with Crippen LogP contribution < -0.4 is 11.5 Å². The van der Waals surface area contributed by atoms with Crippen LogP contribution in [-0.2, 0) is 0 Å². The van der Waals surface area contributed by atoms with Gasteiger partial charge in [-0.15, -0.1) is 0 Å². The predicted molar refractivity (Wildman–Crippen MR) is 79.6 cm³/mol. The van der Waals surface area contributed by atoms with Gasteiger partial charge in [0.15, 0.2) is 0 Å². The minimum atomic E-state index is -10.7. The van der Waals surface area contributed by atoms with Gasteiger partial charge in [0.2, 0.25) is 0 Å². The summed E-state index contributed by atoms with van der Waals surface area (Å²) in [6.45, 7) is 2.23. The number of halogens is 12. The monoisotopic (exact) mass is 464 g/mol. The van der Waals surface area contributed by atoms with Crippen LogP contribution in [0.1, 0.15) is 51.4 Å². The van der Waals surface area contributed by atoms with Crippen molar-refractivity contribution in [3.63, 3.8) is 0 Å². The van der Waals surface area contributed by atoms with E-state index in [1.54, 1.807) is 0 Å². The molecule has 0 aliphatic heterocycles. The van der Waals surface area contributed by atoms with Gasteiger partial charge in [-0.25, -0.2) is 0 Å². The topological polar surface area (TPSA) is 55.3 Å². The summed E-state index contributed by atoms with van der Waals surface area (Å²) in [6, 6.07) is 0. The molecule has 0 bridgehead atoms. The molecule has 0 heterocycles. The summed E-state index contributed by atoms with van der Waals surface area (Å²) in [5.74, 6) is 0. The van der Waals surface area contributed by atoms with Crippen LogP contribution in [0.2, 0.25) is 0 Å². The van der Waals surface area contributed by atoms with E-state index in [0.29, 0.717) is 0 Å². The molecule has 0 aromatic heterocycles. The predicted octanol–water partition coefficient (Wildman–Crippen LogP) is 7.36. The Bertz CT molecular complexity index is 311. The molecule has 0 saturated heterocycles. The summed E-state index contributed by atoms with van der Waals surface area (Å²) >= 11 is 0. The Morgan fingerprint density at radius 1 is 0.346 bits per heavy atom. The van der Waals surface area contributed by atoms with Crippen LogP contribution in [0.5, 0.6) is 0 Å². The molecule has 0 aliphatic rings. The fourth-order valence-corrected chi connectivity index (χ4v) is 1.41. The van der Waals surface area contributed by atoms with Crippen molar-refractivity contribution in [1.82, 2.24) is 0 Å². The Morgan fingerprint density at radius 3 is 0.577 bits per heavy atom. The Morgan fingerprint density at radius 2 is 0.462 bits per heavy atom. The second-order valence-corrected chi connectivity index (χ2v) is 9.29. The van der Waals surface area contributed by atoms with E-state index in [-0.39, 0.29) is 0 Å². The molecule has 0 atom stereocenters. The maximum absolute atomic E-state index is 10.7. The third-order valence-corrected chi connectivity index (χ3v) is 2.25. The largest absolute Gasteiger partial charge is 0.358 e. The maximum atomic E-state index is 9.87. The third kappa shape index (κ3) is 158. The number of unbranched alkanes of at least 4 members (excludes halogenated alkanes) is 7. The van der Waals surface area contributed by atoms with Gasteiger partial charge in [0.05, 0.1) is 13.1 Å². The van der Waals surface area contributed by atoms with Crippen LogP contribution in [0.3, 0.4) is 0 Å². The molecule has 0 fully saturated rings. The molecular formula is C10H26F12N2P2. The molecule has 0 radical (unpaired) electrons. The molecule has 0 aliphatic carbocycles. The van der Waals surface area contributed by atoms with E-state index in [1.807, 2.05) is 0 Å². The van der Waals surface area contributed by atoms with E-state index in [0.717, 1.165) is 13.1 Å². The van der Waals surface area contributed by atoms with Crippen molar-refractivity contribution in [3.8, 4) is 0 Å². The van der Waals surface area contributed by atoms with Gasteiger partial charge in [-0.05, 0) is 25.7 Å². The number of hydrogen-bond acceptors (Lipinski definition) is 0. The zero-order valence-electron chi connectivity index (χ0n) is 13.9. The van der Waals surface area contributed by atoms with E-state index in [4.69, 9.17) is 0 Å². The van der Waals surface area contributed by atoms with Gasteiger partial charge < -0.3 is 11.5 Å². The molecule has 0 spiro atoms. The summed E-state index contributed by atoms with van der Waals surface area (Å²) in [5.41, 5.74) is 7.67.